The molecule has 0 amide bonds. The molecular weight excluding hydrogens is 274 g/mol. The number of hydrogen-bond donors (Lipinski definition) is 2. The first-order valence-corrected chi connectivity index (χ1v) is 6.82. The molecule has 0 heterocycles. The van der Waals surface area contributed by atoms with Crippen molar-refractivity contribution in [2.24, 2.45) is 0 Å². The number of ether oxygens (including phenoxy) is 1. The van der Waals surface area contributed by atoms with E-state index in [1.807, 2.05) is 42.5 Å². The Morgan fingerprint density at radius 1 is 1.05 bits per heavy atom. The van der Waals surface area contributed by atoms with Gasteiger partial charge in [0.1, 0.15) is 5.75 Å². The summed E-state index contributed by atoms with van der Waals surface area (Å²) in [6.45, 7) is 1.51. The SMILES string of the molecule is COc1ccc(Cl)cc1CNCc1ccc(CO)cc1. The molecule has 2 rings (SSSR count). The van der Waals surface area contributed by atoms with Gasteiger partial charge in [-0.25, -0.2) is 0 Å². The van der Waals surface area contributed by atoms with E-state index in [0.717, 1.165) is 23.4 Å². The van der Waals surface area contributed by atoms with Crippen molar-refractivity contribution in [2.75, 3.05) is 7.11 Å². The molecule has 0 bridgehead atoms. The lowest BCUT2D eigenvalue weighted by Crippen LogP contribution is -2.13. The third kappa shape index (κ3) is 3.97. The third-order valence-electron chi connectivity index (χ3n) is 3.09. The summed E-state index contributed by atoms with van der Waals surface area (Å²) in [5.41, 5.74) is 3.13. The molecule has 0 radical (unpaired) electrons. The molecular formula is C16H18ClNO2. The van der Waals surface area contributed by atoms with Gasteiger partial charge in [0.05, 0.1) is 13.7 Å². The van der Waals surface area contributed by atoms with Crippen molar-refractivity contribution in [1.82, 2.24) is 5.32 Å². The topological polar surface area (TPSA) is 41.5 Å². The maximum Gasteiger partial charge on any atom is 0.123 e. The first kappa shape index (κ1) is 14.9. The van der Waals surface area contributed by atoms with Crippen LogP contribution in [0, 0.1) is 0 Å². The number of aliphatic hydroxyl groups excluding tert-OH is 1. The van der Waals surface area contributed by atoms with Crippen LogP contribution >= 0.6 is 11.6 Å². The zero-order chi connectivity index (χ0) is 14.4. The highest BCUT2D eigenvalue weighted by molar-refractivity contribution is 6.30. The van der Waals surface area contributed by atoms with Crippen molar-refractivity contribution in [2.45, 2.75) is 19.7 Å². The van der Waals surface area contributed by atoms with Crippen LogP contribution in [-0.2, 0) is 19.7 Å². The Hall–Kier alpha value is -1.55. The van der Waals surface area contributed by atoms with Gasteiger partial charge in [0.15, 0.2) is 0 Å². The van der Waals surface area contributed by atoms with E-state index in [-0.39, 0.29) is 6.61 Å². The van der Waals surface area contributed by atoms with Crippen LogP contribution in [-0.4, -0.2) is 12.2 Å². The van der Waals surface area contributed by atoms with E-state index in [9.17, 15) is 0 Å². The van der Waals surface area contributed by atoms with Gasteiger partial charge >= 0.3 is 0 Å². The highest BCUT2D eigenvalue weighted by atomic mass is 35.5. The minimum atomic E-state index is 0.0768. The largest absolute Gasteiger partial charge is 0.496 e. The fourth-order valence-electron chi connectivity index (χ4n) is 1.99. The quantitative estimate of drug-likeness (QED) is 0.859. The second kappa shape index (κ2) is 7.29. The second-order valence-corrected chi connectivity index (χ2v) is 4.97. The van der Waals surface area contributed by atoms with Crippen molar-refractivity contribution < 1.29 is 9.84 Å². The number of aliphatic hydroxyl groups is 1. The summed E-state index contributed by atoms with van der Waals surface area (Å²) in [4.78, 5) is 0. The Morgan fingerprint density at radius 2 is 1.75 bits per heavy atom. The van der Waals surface area contributed by atoms with Crippen LogP contribution in [0.25, 0.3) is 0 Å². The van der Waals surface area contributed by atoms with E-state index < -0.39 is 0 Å². The van der Waals surface area contributed by atoms with Gasteiger partial charge in [0, 0.05) is 23.7 Å². The maximum atomic E-state index is 8.99. The summed E-state index contributed by atoms with van der Waals surface area (Å²) >= 11 is 6.00. The summed E-state index contributed by atoms with van der Waals surface area (Å²) in [5, 5.41) is 13.1. The van der Waals surface area contributed by atoms with Crippen LogP contribution in [0.2, 0.25) is 5.02 Å². The predicted octanol–water partition coefficient (Wildman–Crippen LogP) is 3.13. The normalized spacial score (nSPS) is 10.6. The molecule has 0 atom stereocenters. The van der Waals surface area contributed by atoms with E-state index in [1.165, 1.54) is 5.56 Å². The lowest BCUT2D eigenvalue weighted by Gasteiger charge is -2.10. The van der Waals surface area contributed by atoms with E-state index >= 15 is 0 Å². The number of methoxy groups -OCH3 is 1. The molecule has 4 heteroatoms. The number of rotatable bonds is 6. The molecule has 0 fully saturated rings. The van der Waals surface area contributed by atoms with Gasteiger partial charge in [-0.3, -0.25) is 0 Å². The summed E-state index contributed by atoms with van der Waals surface area (Å²) in [6.07, 6.45) is 0. The highest BCUT2D eigenvalue weighted by Crippen LogP contribution is 2.22. The average molecular weight is 292 g/mol. The van der Waals surface area contributed by atoms with E-state index in [1.54, 1.807) is 7.11 Å². The van der Waals surface area contributed by atoms with Crippen LogP contribution in [0.3, 0.4) is 0 Å². The second-order valence-electron chi connectivity index (χ2n) is 4.53. The highest BCUT2D eigenvalue weighted by Gasteiger charge is 2.03. The minimum Gasteiger partial charge on any atom is -0.496 e. The molecule has 0 saturated heterocycles. The first-order valence-electron chi connectivity index (χ1n) is 6.44. The van der Waals surface area contributed by atoms with Gasteiger partial charge in [-0.2, -0.15) is 0 Å². The van der Waals surface area contributed by atoms with Crippen LogP contribution in [0.5, 0.6) is 5.75 Å². The molecule has 0 unspecified atom stereocenters. The summed E-state index contributed by atoms with van der Waals surface area (Å²) in [5.74, 6) is 0.831. The zero-order valence-corrected chi connectivity index (χ0v) is 12.2. The molecule has 106 valence electrons. The Bertz CT molecular complexity index is 555. The lowest BCUT2D eigenvalue weighted by molar-refractivity contribution is 0.282. The van der Waals surface area contributed by atoms with Crippen molar-refractivity contribution >= 4 is 11.6 Å². The van der Waals surface area contributed by atoms with Crippen molar-refractivity contribution in [1.29, 1.82) is 0 Å². The monoisotopic (exact) mass is 291 g/mol. The molecule has 2 aromatic rings. The van der Waals surface area contributed by atoms with Crippen LogP contribution in [0.15, 0.2) is 42.5 Å². The molecule has 2 aromatic carbocycles. The van der Waals surface area contributed by atoms with Gasteiger partial charge in [-0.15, -0.1) is 0 Å². The molecule has 20 heavy (non-hydrogen) atoms. The van der Waals surface area contributed by atoms with Gasteiger partial charge in [-0.1, -0.05) is 35.9 Å². The number of hydrogen-bond acceptors (Lipinski definition) is 3. The molecule has 0 spiro atoms. The van der Waals surface area contributed by atoms with Crippen LogP contribution in [0.1, 0.15) is 16.7 Å². The van der Waals surface area contributed by atoms with Crippen molar-refractivity contribution in [3.05, 3.63) is 64.2 Å². The standard InChI is InChI=1S/C16H18ClNO2/c1-20-16-7-6-15(17)8-14(16)10-18-9-12-2-4-13(11-19)5-3-12/h2-8,18-19H,9-11H2,1H3. The average Bonchev–Trinajstić information content (AvgIpc) is 2.48. The number of benzene rings is 2. The molecule has 0 aliphatic carbocycles. The predicted molar refractivity (Wildman–Crippen MR) is 80.9 cm³/mol. The molecule has 0 aromatic heterocycles. The molecule has 0 aliphatic heterocycles. The first-order chi connectivity index (χ1) is 9.72. The summed E-state index contributed by atoms with van der Waals surface area (Å²) < 4.78 is 5.31. The van der Waals surface area contributed by atoms with E-state index in [4.69, 9.17) is 21.4 Å². The molecule has 0 saturated carbocycles. The third-order valence-corrected chi connectivity index (χ3v) is 3.33. The summed E-state index contributed by atoms with van der Waals surface area (Å²) in [7, 11) is 1.65. The van der Waals surface area contributed by atoms with Crippen molar-refractivity contribution in [3.63, 3.8) is 0 Å². The Morgan fingerprint density at radius 3 is 2.40 bits per heavy atom. The number of nitrogens with one attached hydrogen (secondary N) is 1. The molecule has 0 aliphatic rings. The Labute approximate surface area is 124 Å². The fourth-order valence-corrected chi connectivity index (χ4v) is 2.18. The van der Waals surface area contributed by atoms with Gasteiger partial charge in [-0.05, 0) is 29.3 Å². The van der Waals surface area contributed by atoms with Gasteiger partial charge in [0.25, 0.3) is 0 Å². The summed E-state index contributed by atoms with van der Waals surface area (Å²) in [6, 6.07) is 13.5. The Kier molecular flexibility index (Phi) is 5.41. The smallest absolute Gasteiger partial charge is 0.123 e. The number of halogens is 1. The van der Waals surface area contributed by atoms with Gasteiger partial charge < -0.3 is 15.2 Å². The van der Waals surface area contributed by atoms with Gasteiger partial charge in [0.2, 0.25) is 0 Å². The van der Waals surface area contributed by atoms with Crippen LogP contribution in [0.4, 0.5) is 0 Å². The van der Waals surface area contributed by atoms with Crippen LogP contribution < -0.4 is 10.1 Å². The zero-order valence-electron chi connectivity index (χ0n) is 11.4. The molecule has 2 N–H and O–H groups in total. The molecule has 3 nitrogen and oxygen atoms in total. The van der Waals surface area contributed by atoms with E-state index in [0.29, 0.717) is 11.6 Å². The fraction of sp³-hybridized carbons (Fsp3) is 0.250. The lowest BCUT2D eigenvalue weighted by atomic mass is 10.1. The van der Waals surface area contributed by atoms with E-state index in [2.05, 4.69) is 5.32 Å². The van der Waals surface area contributed by atoms with Crippen molar-refractivity contribution in [3.8, 4) is 5.75 Å². The maximum absolute atomic E-state index is 8.99. The Balaban J connectivity index is 1.93. The minimum absolute atomic E-state index is 0.0768.